The summed E-state index contributed by atoms with van der Waals surface area (Å²) in [4.78, 5) is 35.0. The van der Waals surface area contributed by atoms with Crippen LogP contribution in [-0.4, -0.2) is 40.9 Å². The van der Waals surface area contributed by atoms with Gasteiger partial charge in [-0.2, -0.15) is 4.98 Å². The first-order valence-electron chi connectivity index (χ1n) is 9.66. The van der Waals surface area contributed by atoms with Crippen LogP contribution in [0.5, 0.6) is 0 Å². The molecule has 29 heavy (non-hydrogen) atoms. The number of anilines is 4. The van der Waals surface area contributed by atoms with Gasteiger partial charge in [0.15, 0.2) is 0 Å². The maximum Gasteiger partial charge on any atom is 0.254 e. The number of rotatable bonds is 4. The Balaban J connectivity index is 1.67. The molecule has 9 heteroatoms. The summed E-state index contributed by atoms with van der Waals surface area (Å²) in [6, 6.07) is 5.61. The quantitative estimate of drug-likeness (QED) is 0.615. The summed E-state index contributed by atoms with van der Waals surface area (Å²) in [5, 5.41) is 6.06. The molecule has 152 valence electrons. The van der Waals surface area contributed by atoms with Crippen LogP contribution in [0.1, 0.15) is 42.6 Å². The van der Waals surface area contributed by atoms with Gasteiger partial charge in [-0.3, -0.25) is 9.59 Å². The van der Waals surface area contributed by atoms with E-state index >= 15 is 0 Å². The number of carbonyl (C=O) groups excluding carboxylic acids is 2. The molecule has 1 unspecified atom stereocenters. The minimum Gasteiger partial charge on any atom is -0.365 e. The molecule has 2 aromatic rings. The Morgan fingerprint density at radius 2 is 2.17 bits per heavy atom. The molecule has 0 radical (unpaired) electrons. The first-order valence-corrected chi connectivity index (χ1v) is 9.66. The number of benzene rings is 1. The number of nitrogens with one attached hydrogen (secondary N) is 2. The molecule has 4 rings (SSSR count). The summed E-state index contributed by atoms with van der Waals surface area (Å²) in [6.45, 7) is 5.21. The Bertz CT molecular complexity index is 989. The lowest BCUT2D eigenvalue weighted by Crippen LogP contribution is -2.43. The second kappa shape index (κ2) is 7.00. The standard InChI is InChI=1S/C20H25N7O2/c1-20(2)14-8-12(5-6-15(14)25-18(20)29)24-17-13(16(22)28)9-23-19(26-17)27-7-3-4-11(21)10-27/h5-6,8-9,11H,3-4,7,10,21H2,1-2H3,(H2,22,28)(H,25,29)(H,23,24,26). The molecule has 2 amide bonds. The fourth-order valence-corrected chi connectivity index (χ4v) is 3.78. The summed E-state index contributed by atoms with van der Waals surface area (Å²) in [7, 11) is 0. The van der Waals surface area contributed by atoms with Crippen LogP contribution < -0.4 is 27.0 Å². The second-order valence-electron chi connectivity index (χ2n) is 8.11. The summed E-state index contributed by atoms with van der Waals surface area (Å²) >= 11 is 0. The Hall–Kier alpha value is -3.20. The van der Waals surface area contributed by atoms with Crippen LogP contribution in [0.2, 0.25) is 0 Å². The van der Waals surface area contributed by atoms with Gasteiger partial charge in [0.2, 0.25) is 11.9 Å². The van der Waals surface area contributed by atoms with E-state index in [4.69, 9.17) is 11.5 Å². The van der Waals surface area contributed by atoms with E-state index in [1.807, 2.05) is 36.9 Å². The minimum atomic E-state index is -0.639. The van der Waals surface area contributed by atoms with Crippen LogP contribution in [0.25, 0.3) is 0 Å². The number of primary amides is 1. The zero-order valence-electron chi connectivity index (χ0n) is 16.5. The van der Waals surface area contributed by atoms with E-state index in [-0.39, 0.29) is 17.5 Å². The van der Waals surface area contributed by atoms with Gasteiger partial charge in [-0.1, -0.05) is 0 Å². The van der Waals surface area contributed by atoms with E-state index < -0.39 is 11.3 Å². The topological polar surface area (TPSA) is 139 Å². The number of hydrogen-bond acceptors (Lipinski definition) is 7. The first-order chi connectivity index (χ1) is 13.8. The monoisotopic (exact) mass is 395 g/mol. The van der Waals surface area contributed by atoms with E-state index in [0.29, 0.717) is 24.0 Å². The maximum absolute atomic E-state index is 12.2. The number of amides is 2. The SMILES string of the molecule is CC1(C)C(=O)Nc2ccc(Nc3nc(N4CCCC(N)C4)ncc3C(N)=O)cc21. The molecule has 9 nitrogen and oxygen atoms in total. The predicted octanol–water partition coefficient (Wildman–Crippen LogP) is 1.48. The van der Waals surface area contributed by atoms with Crippen molar-refractivity contribution in [2.45, 2.75) is 38.1 Å². The van der Waals surface area contributed by atoms with Gasteiger partial charge in [0.05, 0.1) is 5.41 Å². The molecule has 2 aliphatic heterocycles. The second-order valence-corrected chi connectivity index (χ2v) is 8.11. The molecule has 2 aliphatic rings. The highest BCUT2D eigenvalue weighted by molar-refractivity contribution is 6.06. The fraction of sp³-hybridized carbons (Fsp3) is 0.400. The molecule has 1 saturated heterocycles. The number of hydrogen-bond donors (Lipinski definition) is 4. The van der Waals surface area contributed by atoms with Crippen LogP contribution in [0, 0.1) is 0 Å². The van der Waals surface area contributed by atoms with Crippen molar-refractivity contribution >= 4 is 35.0 Å². The zero-order valence-corrected chi connectivity index (χ0v) is 16.5. The smallest absolute Gasteiger partial charge is 0.254 e. The van der Waals surface area contributed by atoms with Gasteiger partial charge in [0.25, 0.3) is 5.91 Å². The van der Waals surface area contributed by atoms with E-state index in [2.05, 4.69) is 20.6 Å². The normalized spacial score (nSPS) is 20.2. The lowest BCUT2D eigenvalue weighted by molar-refractivity contribution is -0.119. The molecule has 6 N–H and O–H groups in total. The summed E-state index contributed by atoms with van der Waals surface area (Å²) in [5.41, 5.74) is 13.5. The van der Waals surface area contributed by atoms with Crippen molar-refractivity contribution in [2.24, 2.45) is 11.5 Å². The molecular weight excluding hydrogens is 370 g/mol. The van der Waals surface area contributed by atoms with E-state index in [1.165, 1.54) is 6.20 Å². The van der Waals surface area contributed by atoms with Gasteiger partial charge in [-0.15, -0.1) is 0 Å². The molecule has 1 atom stereocenters. The van der Waals surface area contributed by atoms with Crippen LogP contribution in [0.15, 0.2) is 24.4 Å². The van der Waals surface area contributed by atoms with Crippen LogP contribution in [0.4, 0.5) is 23.1 Å². The van der Waals surface area contributed by atoms with Crippen molar-refractivity contribution in [1.29, 1.82) is 0 Å². The highest BCUT2D eigenvalue weighted by atomic mass is 16.2. The highest BCUT2D eigenvalue weighted by Crippen LogP contribution is 2.39. The number of nitrogens with two attached hydrogens (primary N) is 2. The maximum atomic E-state index is 12.2. The van der Waals surface area contributed by atoms with Crippen LogP contribution in [0.3, 0.4) is 0 Å². The molecule has 0 aliphatic carbocycles. The number of aromatic nitrogens is 2. The minimum absolute atomic E-state index is 0.0479. The molecule has 1 aromatic carbocycles. The molecule has 1 fully saturated rings. The summed E-state index contributed by atoms with van der Waals surface area (Å²) in [5.74, 6) is 0.170. The van der Waals surface area contributed by atoms with Gasteiger partial charge in [0.1, 0.15) is 11.4 Å². The van der Waals surface area contributed by atoms with Gasteiger partial charge >= 0.3 is 0 Å². The van der Waals surface area contributed by atoms with Gasteiger partial charge in [-0.05, 0) is 50.5 Å². The zero-order chi connectivity index (χ0) is 20.8. The third-order valence-electron chi connectivity index (χ3n) is 5.55. The third-order valence-corrected chi connectivity index (χ3v) is 5.55. The van der Waals surface area contributed by atoms with Crippen LogP contribution in [-0.2, 0) is 10.2 Å². The number of nitrogens with zero attached hydrogens (tertiary/aromatic N) is 3. The van der Waals surface area contributed by atoms with Gasteiger partial charge in [-0.25, -0.2) is 4.98 Å². The van der Waals surface area contributed by atoms with Crippen molar-refractivity contribution in [1.82, 2.24) is 9.97 Å². The Kier molecular flexibility index (Phi) is 4.62. The molecule has 0 saturated carbocycles. The lowest BCUT2D eigenvalue weighted by Gasteiger charge is -2.31. The number of fused-ring (bicyclic) bond motifs is 1. The Morgan fingerprint density at radius 3 is 2.90 bits per heavy atom. The molecule has 0 bridgehead atoms. The Labute approximate surface area is 168 Å². The fourth-order valence-electron chi connectivity index (χ4n) is 3.78. The Morgan fingerprint density at radius 1 is 1.38 bits per heavy atom. The van der Waals surface area contributed by atoms with Crippen LogP contribution >= 0.6 is 0 Å². The average Bonchev–Trinajstić information content (AvgIpc) is 2.90. The van der Waals surface area contributed by atoms with Gasteiger partial charge < -0.3 is 27.0 Å². The van der Waals surface area contributed by atoms with Crippen molar-refractivity contribution in [2.75, 3.05) is 28.6 Å². The highest BCUT2D eigenvalue weighted by Gasteiger charge is 2.38. The first kappa shape index (κ1) is 19.1. The third kappa shape index (κ3) is 3.49. The van der Waals surface area contributed by atoms with Crippen molar-refractivity contribution < 1.29 is 9.59 Å². The summed E-state index contributed by atoms with van der Waals surface area (Å²) < 4.78 is 0. The number of piperidine rings is 1. The summed E-state index contributed by atoms with van der Waals surface area (Å²) in [6.07, 6.45) is 3.37. The number of carbonyl (C=O) groups is 2. The van der Waals surface area contributed by atoms with E-state index in [1.54, 1.807) is 0 Å². The molecule has 3 heterocycles. The predicted molar refractivity (Wildman–Crippen MR) is 111 cm³/mol. The molecule has 0 spiro atoms. The van der Waals surface area contributed by atoms with Crippen molar-refractivity contribution in [3.63, 3.8) is 0 Å². The molecular formula is C20H25N7O2. The van der Waals surface area contributed by atoms with Crippen molar-refractivity contribution in [3.05, 3.63) is 35.5 Å². The molecule has 1 aromatic heterocycles. The van der Waals surface area contributed by atoms with E-state index in [9.17, 15) is 9.59 Å². The van der Waals surface area contributed by atoms with Gasteiger partial charge in [0, 0.05) is 36.7 Å². The lowest BCUT2D eigenvalue weighted by atomic mass is 9.86. The largest absolute Gasteiger partial charge is 0.365 e. The average molecular weight is 395 g/mol. The van der Waals surface area contributed by atoms with Crippen molar-refractivity contribution in [3.8, 4) is 0 Å². The van der Waals surface area contributed by atoms with E-state index in [0.717, 1.165) is 30.6 Å².